The van der Waals surface area contributed by atoms with E-state index < -0.39 is 0 Å². The number of aliphatic hydroxyl groups excluding tert-OH is 1. The summed E-state index contributed by atoms with van der Waals surface area (Å²) in [5.74, 6) is -0.157. The summed E-state index contributed by atoms with van der Waals surface area (Å²) in [6.45, 7) is 2.13. The average molecular weight is 319 g/mol. The van der Waals surface area contributed by atoms with E-state index >= 15 is 0 Å². The molecule has 0 aromatic carbocycles. The van der Waals surface area contributed by atoms with Crippen molar-refractivity contribution in [2.75, 3.05) is 12.9 Å². The topological polar surface area (TPSA) is 66.6 Å². The molecular formula is C16H21N3O2S. The lowest BCUT2D eigenvalue weighted by Gasteiger charge is -2.29. The SMILES string of the molecule is CSc1nc(C(=O)NC2CCCC2(C)CO)c2ccccn12. The largest absolute Gasteiger partial charge is 0.396 e. The Morgan fingerprint density at radius 3 is 3.14 bits per heavy atom. The summed E-state index contributed by atoms with van der Waals surface area (Å²) in [7, 11) is 0. The van der Waals surface area contributed by atoms with Crippen molar-refractivity contribution in [3.05, 3.63) is 30.1 Å². The van der Waals surface area contributed by atoms with Crippen molar-refractivity contribution in [3.63, 3.8) is 0 Å². The van der Waals surface area contributed by atoms with Crippen LogP contribution in [0.1, 0.15) is 36.7 Å². The highest BCUT2D eigenvalue weighted by Crippen LogP contribution is 2.37. The van der Waals surface area contributed by atoms with Crippen LogP contribution in [0.25, 0.3) is 5.52 Å². The first-order valence-corrected chi connectivity index (χ1v) is 8.74. The van der Waals surface area contributed by atoms with E-state index in [1.807, 2.05) is 42.0 Å². The molecule has 2 N–H and O–H groups in total. The standard InChI is InChI=1S/C16H21N3O2S/c1-16(10-20)8-5-7-12(16)17-14(21)13-11-6-3-4-9-19(11)15(18-13)22-2/h3-4,6,9,12,20H,5,7-8,10H2,1-2H3,(H,17,21). The first-order valence-electron chi connectivity index (χ1n) is 7.52. The molecule has 1 amide bonds. The van der Waals surface area contributed by atoms with Gasteiger partial charge in [0.25, 0.3) is 5.91 Å². The van der Waals surface area contributed by atoms with Crippen LogP contribution in [-0.2, 0) is 0 Å². The maximum atomic E-state index is 12.7. The molecule has 1 aliphatic carbocycles. The van der Waals surface area contributed by atoms with Gasteiger partial charge in [0.2, 0.25) is 0 Å². The Bertz CT molecular complexity index is 700. The molecule has 2 aromatic rings. The van der Waals surface area contributed by atoms with E-state index in [1.165, 1.54) is 11.8 Å². The van der Waals surface area contributed by atoms with E-state index in [0.717, 1.165) is 29.9 Å². The number of pyridine rings is 1. The summed E-state index contributed by atoms with van der Waals surface area (Å²) in [6.07, 6.45) is 6.74. The Hall–Kier alpha value is -1.53. The number of aliphatic hydroxyl groups is 1. The number of thioether (sulfide) groups is 1. The molecule has 3 rings (SSSR count). The molecule has 22 heavy (non-hydrogen) atoms. The number of imidazole rings is 1. The van der Waals surface area contributed by atoms with E-state index in [9.17, 15) is 9.90 Å². The summed E-state index contributed by atoms with van der Waals surface area (Å²) < 4.78 is 1.93. The molecule has 0 spiro atoms. The van der Waals surface area contributed by atoms with Crippen LogP contribution in [0.5, 0.6) is 0 Å². The van der Waals surface area contributed by atoms with E-state index in [2.05, 4.69) is 10.3 Å². The second-order valence-corrected chi connectivity index (χ2v) is 6.91. The number of nitrogens with zero attached hydrogens (tertiary/aromatic N) is 2. The third-order valence-electron chi connectivity index (χ3n) is 4.66. The smallest absolute Gasteiger partial charge is 0.272 e. The predicted octanol–water partition coefficient (Wildman–Crippen LogP) is 2.34. The maximum Gasteiger partial charge on any atom is 0.272 e. The van der Waals surface area contributed by atoms with Crippen LogP contribution < -0.4 is 5.32 Å². The van der Waals surface area contributed by atoms with Crippen molar-refractivity contribution >= 4 is 23.2 Å². The molecule has 2 unspecified atom stereocenters. The summed E-state index contributed by atoms with van der Waals surface area (Å²) in [5.41, 5.74) is 1.04. The number of aromatic nitrogens is 2. The highest BCUT2D eigenvalue weighted by molar-refractivity contribution is 7.98. The van der Waals surface area contributed by atoms with Crippen molar-refractivity contribution in [1.82, 2.24) is 14.7 Å². The Kier molecular flexibility index (Phi) is 4.14. The zero-order valence-electron chi connectivity index (χ0n) is 12.9. The third kappa shape index (κ3) is 2.50. The minimum atomic E-state index is -0.229. The molecule has 6 heteroatoms. The molecule has 0 radical (unpaired) electrons. The summed E-state index contributed by atoms with van der Waals surface area (Å²) in [5, 5.41) is 13.5. The Morgan fingerprint density at radius 1 is 1.59 bits per heavy atom. The third-order valence-corrected chi connectivity index (χ3v) is 5.32. The number of hydrogen-bond donors (Lipinski definition) is 2. The molecular weight excluding hydrogens is 298 g/mol. The van der Waals surface area contributed by atoms with Crippen molar-refractivity contribution in [2.45, 2.75) is 37.4 Å². The van der Waals surface area contributed by atoms with Gasteiger partial charge in [-0.1, -0.05) is 31.2 Å². The fourth-order valence-electron chi connectivity index (χ4n) is 3.22. The Morgan fingerprint density at radius 2 is 2.41 bits per heavy atom. The first kappa shape index (κ1) is 15.4. The van der Waals surface area contributed by atoms with Gasteiger partial charge in [0, 0.05) is 17.7 Å². The van der Waals surface area contributed by atoms with Crippen LogP contribution in [0.4, 0.5) is 0 Å². The molecule has 1 fully saturated rings. The van der Waals surface area contributed by atoms with E-state index in [4.69, 9.17) is 0 Å². The fourth-order valence-corrected chi connectivity index (χ4v) is 3.75. The normalized spacial score (nSPS) is 24.8. The molecule has 1 aliphatic rings. The fraction of sp³-hybridized carbons (Fsp3) is 0.500. The molecule has 1 saturated carbocycles. The molecule has 118 valence electrons. The summed E-state index contributed by atoms with van der Waals surface area (Å²) in [6, 6.07) is 5.74. The van der Waals surface area contributed by atoms with Gasteiger partial charge < -0.3 is 10.4 Å². The van der Waals surface area contributed by atoms with Crippen molar-refractivity contribution in [1.29, 1.82) is 0 Å². The number of carbonyl (C=O) groups is 1. The van der Waals surface area contributed by atoms with Gasteiger partial charge in [-0.05, 0) is 31.2 Å². The van der Waals surface area contributed by atoms with E-state index in [0.29, 0.717) is 5.69 Å². The van der Waals surface area contributed by atoms with Gasteiger partial charge in [0.15, 0.2) is 10.9 Å². The lowest BCUT2D eigenvalue weighted by Crippen LogP contribution is -2.44. The average Bonchev–Trinajstić information content (AvgIpc) is 3.09. The minimum absolute atomic E-state index is 0.00296. The van der Waals surface area contributed by atoms with Gasteiger partial charge in [0.05, 0.1) is 12.1 Å². The minimum Gasteiger partial charge on any atom is -0.396 e. The van der Waals surface area contributed by atoms with Gasteiger partial charge in [-0.2, -0.15) is 0 Å². The predicted molar refractivity (Wildman–Crippen MR) is 87.3 cm³/mol. The van der Waals surface area contributed by atoms with Crippen LogP contribution >= 0.6 is 11.8 Å². The monoisotopic (exact) mass is 319 g/mol. The van der Waals surface area contributed by atoms with Crippen molar-refractivity contribution in [2.24, 2.45) is 5.41 Å². The van der Waals surface area contributed by atoms with E-state index in [1.54, 1.807) is 0 Å². The van der Waals surface area contributed by atoms with Gasteiger partial charge in [-0.15, -0.1) is 0 Å². The number of carbonyl (C=O) groups excluding carboxylic acids is 1. The molecule has 0 bridgehead atoms. The van der Waals surface area contributed by atoms with E-state index in [-0.39, 0.29) is 24.0 Å². The Balaban J connectivity index is 1.90. The van der Waals surface area contributed by atoms with Crippen LogP contribution in [0.2, 0.25) is 0 Å². The quantitative estimate of drug-likeness (QED) is 0.849. The molecule has 5 nitrogen and oxygen atoms in total. The van der Waals surface area contributed by atoms with Gasteiger partial charge in [0.1, 0.15) is 0 Å². The second kappa shape index (κ2) is 5.93. The maximum absolute atomic E-state index is 12.7. The number of amides is 1. The lowest BCUT2D eigenvalue weighted by molar-refractivity contribution is 0.0827. The zero-order chi connectivity index (χ0) is 15.7. The zero-order valence-corrected chi connectivity index (χ0v) is 13.7. The van der Waals surface area contributed by atoms with Gasteiger partial charge >= 0.3 is 0 Å². The summed E-state index contributed by atoms with van der Waals surface area (Å²) in [4.78, 5) is 17.1. The number of nitrogens with one attached hydrogen (secondary N) is 1. The highest BCUT2D eigenvalue weighted by atomic mass is 32.2. The van der Waals surface area contributed by atoms with Gasteiger partial charge in [-0.3, -0.25) is 9.20 Å². The first-order chi connectivity index (χ1) is 10.6. The van der Waals surface area contributed by atoms with Gasteiger partial charge in [-0.25, -0.2) is 4.98 Å². The summed E-state index contributed by atoms with van der Waals surface area (Å²) >= 11 is 1.52. The van der Waals surface area contributed by atoms with Crippen LogP contribution in [0.3, 0.4) is 0 Å². The molecule has 0 saturated heterocycles. The number of hydrogen-bond acceptors (Lipinski definition) is 4. The molecule has 0 aliphatic heterocycles. The number of fused-ring (bicyclic) bond motifs is 1. The molecule has 2 aromatic heterocycles. The lowest BCUT2D eigenvalue weighted by atomic mass is 9.86. The van der Waals surface area contributed by atoms with Crippen LogP contribution in [0, 0.1) is 5.41 Å². The Labute approximate surface area is 134 Å². The molecule has 2 atom stereocenters. The highest BCUT2D eigenvalue weighted by Gasteiger charge is 2.39. The second-order valence-electron chi connectivity index (χ2n) is 6.13. The van der Waals surface area contributed by atoms with Crippen LogP contribution in [-0.4, -0.2) is 39.3 Å². The van der Waals surface area contributed by atoms with Crippen molar-refractivity contribution < 1.29 is 9.90 Å². The van der Waals surface area contributed by atoms with Crippen molar-refractivity contribution in [3.8, 4) is 0 Å². The van der Waals surface area contributed by atoms with Crippen LogP contribution in [0.15, 0.2) is 29.6 Å². The number of rotatable bonds is 4. The molecule has 2 heterocycles.